The fourth-order valence-corrected chi connectivity index (χ4v) is 5.67. The third kappa shape index (κ3) is 13.9. The number of hydrogen-bond donors (Lipinski definition) is 0. The van der Waals surface area contributed by atoms with Crippen molar-refractivity contribution in [2.45, 2.75) is 123 Å². The van der Waals surface area contributed by atoms with Gasteiger partial charge in [0.1, 0.15) is 11.9 Å². The molecular formula is C42H56O2. The fourth-order valence-electron chi connectivity index (χ4n) is 5.67. The summed E-state index contributed by atoms with van der Waals surface area (Å²) in [4.78, 5) is 12.4. The highest BCUT2D eigenvalue weighted by molar-refractivity contribution is 6.06. The van der Waals surface area contributed by atoms with Crippen LogP contribution in [-0.2, 0) is 0 Å². The molecule has 3 rings (SSSR count). The summed E-state index contributed by atoms with van der Waals surface area (Å²) in [5.74, 6) is 0.860. The van der Waals surface area contributed by atoms with Crippen LogP contribution in [0.5, 0.6) is 5.75 Å². The number of ketones is 1. The summed E-state index contributed by atoms with van der Waals surface area (Å²) in [7, 11) is 0. The number of rotatable bonds is 23. The van der Waals surface area contributed by atoms with Gasteiger partial charge in [0.05, 0.1) is 0 Å². The van der Waals surface area contributed by atoms with Crippen LogP contribution < -0.4 is 4.74 Å². The number of ether oxygens (including phenoxy) is 1. The van der Waals surface area contributed by atoms with E-state index in [2.05, 4.69) is 37.8 Å². The zero-order chi connectivity index (χ0) is 31.2. The normalized spacial score (nSPS) is 12.0. The molecule has 0 saturated heterocycles. The minimum atomic E-state index is 0.00713. The van der Waals surface area contributed by atoms with Gasteiger partial charge < -0.3 is 4.74 Å². The van der Waals surface area contributed by atoms with E-state index < -0.39 is 0 Å². The molecule has 1 atom stereocenters. The Morgan fingerprint density at radius 1 is 0.659 bits per heavy atom. The van der Waals surface area contributed by atoms with Gasteiger partial charge in [-0.2, -0.15) is 0 Å². The topological polar surface area (TPSA) is 26.3 Å². The first kappa shape index (κ1) is 35.1. The van der Waals surface area contributed by atoms with Crippen LogP contribution in [0.4, 0.5) is 0 Å². The zero-order valence-electron chi connectivity index (χ0n) is 27.6. The van der Waals surface area contributed by atoms with Crippen molar-refractivity contribution in [2.75, 3.05) is 0 Å². The van der Waals surface area contributed by atoms with Gasteiger partial charge in [0.2, 0.25) is 0 Å². The Morgan fingerprint density at radius 2 is 1.18 bits per heavy atom. The van der Waals surface area contributed by atoms with Gasteiger partial charge in [-0.05, 0) is 54.7 Å². The molecule has 0 bridgehead atoms. The maximum absolute atomic E-state index is 12.4. The van der Waals surface area contributed by atoms with Crippen LogP contribution >= 0.6 is 0 Å². The predicted octanol–water partition coefficient (Wildman–Crippen LogP) is 13.0. The number of benzene rings is 3. The number of allylic oxidation sites excluding steroid dienone is 2. The lowest BCUT2D eigenvalue weighted by molar-refractivity contribution is 0.104. The summed E-state index contributed by atoms with van der Waals surface area (Å²) in [6.07, 6.45) is 25.0. The van der Waals surface area contributed by atoms with Crippen LogP contribution in [0, 0.1) is 0 Å². The van der Waals surface area contributed by atoms with Gasteiger partial charge in [-0.1, -0.05) is 182 Å². The highest BCUT2D eigenvalue weighted by Gasteiger charge is 2.14. The minimum Gasteiger partial charge on any atom is -0.486 e. The van der Waals surface area contributed by atoms with Crippen LogP contribution in [0.15, 0.2) is 91.5 Å². The molecule has 44 heavy (non-hydrogen) atoms. The molecule has 2 nitrogen and oxygen atoms in total. The van der Waals surface area contributed by atoms with E-state index in [1.54, 1.807) is 6.08 Å². The molecule has 0 saturated carbocycles. The predicted molar refractivity (Wildman–Crippen MR) is 190 cm³/mol. The number of carbonyl (C=O) groups excluding carboxylic acids is 1. The Bertz CT molecular complexity index is 1220. The van der Waals surface area contributed by atoms with Crippen molar-refractivity contribution < 1.29 is 9.53 Å². The second-order valence-corrected chi connectivity index (χ2v) is 12.4. The van der Waals surface area contributed by atoms with Gasteiger partial charge in [0.25, 0.3) is 0 Å². The molecule has 3 aromatic carbocycles. The summed E-state index contributed by atoms with van der Waals surface area (Å²) >= 11 is 0. The summed E-state index contributed by atoms with van der Waals surface area (Å²) in [6, 6.07) is 26.1. The maximum Gasteiger partial charge on any atom is 0.185 e. The van der Waals surface area contributed by atoms with E-state index in [0.29, 0.717) is 5.56 Å². The van der Waals surface area contributed by atoms with Crippen molar-refractivity contribution in [3.8, 4) is 5.75 Å². The van der Waals surface area contributed by atoms with E-state index in [4.69, 9.17) is 4.74 Å². The third-order valence-electron chi connectivity index (χ3n) is 8.49. The summed E-state index contributed by atoms with van der Waals surface area (Å²) < 4.78 is 6.56. The van der Waals surface area contributed by atoms with E-state index in [-0.39, 0.29) is 11.9 Å². The summed E-state index contributed by atoms with van der Waals surface area (Å²) in [5, 5.41) is 0. The Labute approximate surface area is 268 Å². The van der Waals surface area contributed by atoms with Crippen molar-refractivity contribution >= 4 is 17.4 Å². The molecule has 3 aromatic rings. The molecule has 0 aliphatic carbocycles. The first-order valence-corrected chi connectivity index (χ1v) is 17.4. The molecule has 0 heterocycles. The van der Waals surface area contributed by atoms with Crippen LogP contribution in [0.25, 0.3) is 11.6 Å². The fraction of sp³-hybridized carbons (Fsp3) is 0.452. The van der Waals surface area contributed by atoms with Crippen LogP contribution in [0.3, 0.4) is 0 Å². The van der Waals surface area contributed by atoms with E-state index in [1.807, 2.05) is 67.6 Å². The molecule has 1 unspecified atom stereocenters. The smallest absolute Gasteiger partial charge is 0.185 e. The van der Waals surface area contributed by atoms with E-state index in [1.165, 1.54) is 101 Å². The van der Waals surface area contributed by atoms with Crippen LogP contribution in [0.1, 0.15) is 150 Å². The van der Waals surface area contributed by atoms with Crippen LogP contribution in [-0.4, -0.2) is 5.78 Å². The quantitative estimate of drug-likeness (QED) is 0.0622. The molecule has 0 aliphatic heterocycles. The lowest BCUT2D eigenvalue weighted by Gasteiger charge is -2.20. The molecule has 236 valence electrons. The molecule has 0 radical (unpaired) electrons. The van der Waals surface area contributed by atoms with Gasteiger partial charge in [-0.3, -0.25) is 4.79 Å². The molecule has 0 amide bonds. The molecule has 0 aliphatic rings. The first-order chi connectivity index (χ1) is 21.6. The average Bonchev–Trinajstić information content (AvgIpc) is 3.06. The molecular weight excluding hydrogens is 536 g/mol. The van der Waals surface area contributed by atoms with Crippen LogP contribution in [0.2, 0.25) is 0 Å². The summed E-state index contributed by atoms with van der Waals surface area (Å²) in [6.45, 7) is 8.41. The summed E-state index contributed by atoms with van der Waals surface area (Å²) in [5.41, 5.74) is 5.12. The Balaban J connectivity index is 1.41. The SMILES string of the molecule is C=C(C)c1ccc(C(CCCCCCCCCCCCCCCCC)Oc2ccc(C=CC(=O)c3ccccc3)cc2)cc1. The Hall–Kier alpha value is -3.39. The van der Waals surface area contributed by atoms with Gasteiger partial charge in [-0.25, -0.2) is 0 Å². The lowest BCUT2D eigenvalue weighted by Crippen LogP contribution is -2.08. The van der Waals surface area contributed by atoms with E-state index in [9.17, 15) is 4.79 Å². The van der Waals surface area contributed by atoms with Gasteiger partial charge in [0.15, 0.2) is 5.78 Å². The maximum atomic E-state index is 12.4. The highest BCUT2D eigenvalue weighted by atomic mass is 16.5. The molecule has 0 aromatic heterocycles. The van der Waals surface area contributed by atoms with E-state index >= 15 is 0 Å². The second-order valence-electron chi connectivity index (χ2n) is 12.4. The van der Waals surface area contributed by atoms with Crippen molar-refractivity contribution in [2.24, 2.45) is 0 Å². The standard InChI is InChI=1S/C42H56O2/c1-4-5-6-7-8-9-10-11-12-13-14-15-16-17-21-24-42(39-30-28-37(29-31-39)35(2)3)44-40-32-25-36(26-33-40)27-34-41(43)38-22-19-18-20-23-38/h18-20,22-23,25-34,42H,2,4-17,21,24H2,1,3H3. The monoisotopic (exact) mass is 592 g/mol. The van der Waals surface area contributed by atoms with Gasteiger partial charge in [-0.15, -0.1) is 0 Å². The second kappa shape index (κ2) is 21.3. The van der Waals surface area contributed by atoms with Gasteiger partial charge >= 0.3 is 0 Å². The zero-order valence-corrected chi connectivity index (χ0v) is 27.6. The third-order valence-corrected chi connectivity index (χ3v) is 8.49. The van der Waals surface area contributed by atoms with Crippen molar-refractivity contribution in [1.29, 1.82) is 0 Å². The number of carbonyl (C=O) groups is 1. The molecule has 0 fully saturated rings. The minimum absolute atomic E-state index is 0.00713. The van der Waals surface area contributed by atoms with Gasteiger partial charge in [0, 0.05) is 5.56 Å². The highest BCUT2D eigenvalue weighted by Crippen LogP contribution is 2.29. The largest absolute Gasteiger partial charge is 0.486 e. The van der Waals surface area contributed by atoms with Crippen molar-refractivity contribution in [3.05, 3.63) is 114 Å². The number of hydrogen-bond acceptors (Lipinski definition) is 2. The average molecular weight is 593 g/mol. The lowest BCUT2D eigenvalue weighted by atomic mass is 9.99. The Kier molecular flexibility index (Phi) is 17.0. The Morgan fingerprint density at radius 3 is 1.70 bits per heavy atom. The number of unbranched alkanes of at least 4 members (excludes halogenated alkanes) is 14. The molecule has 0 N–H and O–H groups in total. The first-order valence-electron chi connectivity index (χ1n) is 17.4. The van der Waals surface area contributed by atoms with Crippen molar-refractivity contribution in [3.63, 3.8) is 0 Å². The van der Waals surface area contributed by atoms with Crippen molar-refractivity contribution in [1.82, 2.24) is 0 Å². The van der Waals surface area contributed by atoms with E-state index in [0.717, 1.165) is 29.7 Å². The molecule has 0 spiro atoms. The molecule has 2 heteroatoms.